The molecule has 1 unspecified atom stereocenters. The molecule has 1 atom stereocenters. The first-order valence-electron chi connectivity index (χ1n) is 6.10. The SMILES string of the molecule is C=C(CCC(CCCC)[SiH2]OCC)C(=O)O. The Bertz CT molecular complexity index is 208. The van der Waals surface area contributed by atoms with E-state index in [9.17, 15) is 4.79 Å². The van der Waals surface area contributed by atoms with Crippen LogP contribution in [-0.4, -0.2) is 27.4 Å². The van der Waals surface area contributed by atoms with E-state index in [1.807, 2.05) is 6.92 Å². The van der Waals surface area contributed by atoms with Gasteiger partial charge in [-0.2, -0.15) is 0 Å². The molecule has 0 radical (unpaired) electrons. The van der Waals surface area contributed by atoms with Crippen LogP contribution in [0.5, 0.6) is 0 Å². The Morgan fingerprint density at radius 3 is 2.62 bits per heavy atom. The molecule has 3 nitrogen and oxygen atoms in total. The highest BCUT2D eigenvalue weighted by Gasteiger charge is 2.12. The lowest BCUT2D eigenvalue weighted by Crippen LogP contribution is -2.10. The van der Waals surface area contributed by atoms with Gasteiger partial charge >= 0.3 is 5.97 Å². The summed E-state index contributed by atoms with van der Waals surface area (Å²) in [6.07, 6.45) is 5.11. The molecule has 0 aromatic heterocycles. The van der Waals surface area contributed by atoms with E-state index in [4.69, 9.17) is 9.53 Å². The second kappa shape index (κ2) is 9.60. The Balaban J connectivity index is 3.89. The van der Waals surface area contributed by atoms with E-state index in [0.29, 0.717) is 17.5 Å². The molecule has 0 aromatic rings. The predicted octanol–water partition coefficient (Wildman–Crippen LogP) is 2.51. The number of unbranched alkanes of at least 4 members (excludes halogenated alkanes) is 1. The topological polar surface area (TPSA) is 46.5 Å². The first-order valence-corrected chi connectivity index (χ1v) is 7.49. The van der Waals surface area contributed by atoms with Crippen molar-refractivity contribution in [2.75, 3.05) is 6.61 Å². The lowest BCUT2D eigenvalue weighted by atomic mass is 10.1. The highest BCUT2D eigenvalue weighted by Crippen LogP contribution is 2.22. The maximum atomic E-state index is 10.6. The van der Waals surface area contributed by atoms with Gasteiger partial charge in [-0.3, -0.25) is 0 Å². The van der Waals surface area contributed by atoms with E-state index < -0.39 is 15.7 Å². The summed E-state index contributed by atoms with van der Waals surface area (Å²) in [5.41, 5.74) is 0.933. The van der Waals surface area contributed by atoms with Crippen LogP contribution in [0.3, 0.4) is 0 Å². The number of aliphatic carboxylic acids is 1. The van der Waals surface area contributed by atoms with Crippen molar-refractivity contribution in [2.24, 2.45) is 0 Å². The highest BCUT2D eigenvalue weighted by molar-refractivity contribution is 6.29. The van der Waals surface area contributed by atoms with Crippen molar-refractivity contribution in [3.05, 3.63) is 12.2 Å². The van der Waals surface area contributed by atoms with Gasteiger partial charge in [-0.25, -0.2) is 4.79 Å². The minimum atomic E-state index is -0.868. The van der Waals surface area contributed by atoms with Crippen molar-refractivity contribution in [3.63, 3.8) is 0 Å². The Kier molecular flexibility index (Phi) is 9.23. The minimum Gasteiger partial charge on any atom is -0.478 e. The van der Waals surface area contributed by atoms with Crippen molar-refractivity contribution in [1.29, 1.82) is 0 Å². The number of carboxylic acid groups (broad SMARTS) is 1. The van der Waals surface area contributed by atoms with Gasteiger partial charge in [0, 0.05) is 12.2 Å². The van der Waals surface area contributed by atoms with Crippen LogP contribution in [0.15, 0.2) is 12.2 Å². The summed E-state index contributed by atoms with van der Waals surface area (Å²) in [5.74, 6) is -0.868. The first kappa shape index (κ1) is 15.4. The summed E-state index contributed by atoms with van der Waals surface area (Å²) in [6.45, 7) is 8.54. The molecular formula is C12H24O3Si. The van der Waals surface area contributed by atoms with E-state index in [-0.39, 0.29) is 0 Å². The molecule has 16 heavy (non-hydrogen) atoms. The fourth-order valence-corrected chi connectivity index (χ4v) is 2.97. The van der Waals surface area contributed by atoms with Crippen LogP contribution >= 0.6 is 0 Å². The molecule has 0 bridgehead atoms. The molecule has 94 valence electrons. The Hall–Kier alpha value is -0.613. The average molecular weight is 244 g/mol. The molecule has 0 saturated carbocycles. The fourth-order valence-electron chi connectivity index (χ4n) is 1.57. The van der Waals surface area contributed by atoms with Crippen molar-refractivity contribution < 1.29 is 14.3 Å². The zero-order valence-electron chi connectivity index (χ0n) is 10.5. The molecule has 0 aliphatic heterocycles. The zero-order chi connectivity index (χ0) is 12.4. The van der Waals surface area contributed by atoms with Crippen LogP contribution in [0.1, 0.15) is 46.0 Å². The molecule has 0 amide bonds. The van der Waals surface area contributed by atoms with Gasteiger partial charge in [-0.1, -0.05) is 32.8 Å². The summed E-state index contributed by atoms with van der Waals surface area (Å²) in [6, 6.07) is 0. The predicted molar refractivity (Wildman–Crippen MR) is 69.5 cm³/mol. The smallest absolute Gasteiger partial charge is 0.330 e. The van der Waals surface area contributed by atoms with Crippen LogP contribution in [0, 0.1) is 0 Å². The summed E-state index contributed by atoms with van der Waals surface area (Å²) in [5, 5.41) is 8.73. The first-order chi connectivity index (χ1) is 7.61. The van der Waals surface area contributed by atoms with E-state index in [0.717, 1.165) is 13.0 Å². The van der Waals surface area contributed by atoms with Gasteiger partial charge in [-0.05, 0) is 25.3 Å². The molecule has 0 saturated heterocycles. The maximum absolute atomic E-state index is 10.6. The third kappa shape index (κ3) is 7.65. The standard InChI is InChI=1S/C12H24O3Si/c1-4-6-7-11(16-15-5-2)9-8-10(3)12(13)14/h11H,3-9,16H2,1-2H3,(H,13,14). The Morgan fingerprint density at radius 2 is 2.12 bits per heavy atom. The van der Waals surface area contributed by atoms with Crippen LogP contribution in [-0.2, 0) is 9.22 Å². The summed E-state index contributed by atoms with van der Waals surface area (Å²) in [4.78, 5) is 10.6. The van der Waals surface area contributed by atoms with Gasteiger partial charge in [0.25, 0.3) is 0 Å². The highest BCUT2D eigenvalue weighted by atomic mass is 28.2. The second-order valence-electron chi connectivity index (χ2n) is 4.12. The molecule has 4 heteroatoms. The molecular weight excluding hydrogens is 220 g/mol. The second-order valence-corrected chi connectivity index (χ2v) is 6.01. The number of hydrogen-bond donors (Lipinski definition) is 1. The zero-order valence-corrected chi connectivity index (χ0v) is 11.9. The lowest BCUT2D eigenvalue weighted by molar-refractivity contribution is -0.132. The minimum absolute atomic E-state index is 0.326. The molecule has 0 heterocycles. The monoisotopic (exact) mass is 244 g/mol. The number of carbonyl (C=O) groups is 1. The number of hydrogen-bond acceptors (Lipinski definition) is 2. The van der Waals surface area contributed by atoms with Crippen LogP contribution in [0.2, 0.25) is 5.54 Å². The molecule has 0 spiro atoms. The number of rotatable bonds is 10. The third-order valence-electron chi connectivity index (χ3n) is 2.68. The fraction of sp³-hybridized carbons (Fsp3) is 0.750. The van der Waals surface area contributed by atoms with E-state index >= 15 is 0 Å². The molecule has 1 N–H and O–H groups in total. The van der Waals surface area contributed by atoms with Crippen LogP contribution in [0.4, 0.5) is 0 Å². The molecule has 0 aliphatic rings. The molecule has 0 rings (SSSR count). The van der Waals surface area contributed by atoms with Crippen molar-refractivity contribution >= 4 is 15.7 Å². The van der Waals surface area contributed by atoms with Gasteiger partial charge < -0.3 is 9.53 Å². The molecule has 0 aliphatic carbocycles. The van der Waals surface area contributed by atoms with Gasteiger partial charge in [0.15, 0.2) is 9.76 Å². The van der Waals surface area contributed by atoms with Crippen molar-refractivity contribution in [2.45, 2.75) is 51.5 Å². The van der Waals surface area contributed by atoms with Gasteiger partial charge in [0.2, 0.25) is 0 Å². The molecule has 0 aromatic carbocycles. The molecule has 0 fully saturated rings. The lowest BCUT2D eigenvalue weighted by Gasteiger charge is -2.15. The number of carboxylic acids is 1. The summed E-state index contributed by atoms with van der Waals surface area (Å²) in [7, 11) is -0.497. The maximum Gasteiger partial charge on any atom is 0.330 e. The quantitative estimate of drug-likeness (QED) is 0.474. The van der Waals surface area contributed by atoms with E-state index in [1.165, 1.54) is 19.3 Å². The summed E-state index contributed by atoms with van der Waals surface area (Å²) >= 11 is 0. The van der Waals surface area contributed by atoms with Gasteiger partial charge in [0.05, 0.1) is 0 Å². The van der Waals surface area contributed by atoms with Gasteiger partial charge in [-0.15, -0.1) is 0 Å². The van der Waals surface area contributed by atoms with Crippen LogP contribution < -0.4 is 0 Å². The van der Waals surface area contributed by atoms with Crippen molar-refractivity contribution in [1.82, 2.24) is 0 Å². The third-order valence-corrected chi connectivity index (χ3v) is 4.61. The Morgan fingerprint density at radius 1 is 1.44 bits per heavy atom. The normalized spacial score (nSPS) is 13.1. The van der Waals surface area contributed by atoms with Gasteiger partial charge in [0.1, 0.15) is 0 Å². The van der Waals surface area contributed by atoms with Crippen molar-refractivity contribution in [3.8, 4) is 0 Å². The van der Waals surface area contributed by atoms with E-state index in [2.05, 4.69) is 13.5 Å². The average Bonchev–Trinajstić information content (AvgIpc) is 2.27. The largest absolute Gasteiger partial charge is 0.478 e. The van der Waals surface area contributed by atoms with E-state index in [1.54, 1.807) is 0 Å². The Labute approximate surface area is 101 Å². The van der Waals surface area contributed by atoms with Crippen LogP contribution in [0.25, 0.3) is 0 Å². The summed E-state index contributed by atoms with van der Waals surface area (Å²) < 4.78 is 5.55.